The van der Waals surface area contributed by atoms with Crippen molar-refractivity contribution in [1.29, 1.82) is 0 Å². The summed E-state index contributed by atoms with van der Waals surface area (Å²) in [7, 11) is 0. The summed E-state index contributed by atoms with van der Waals surface area (Å²) in [6, 6.07) is 8.40. The molecule has 7 heteroatoms. The molecule has 0 spiro atoms. The average Bonchev–Trinajstić information content (AvgIpc) is 3.47. The predicted molar refractivity (Wildman–Crippen MR) is 127 cm³/mol. The zero-order valence-electron chi connectivity index (χ0n) is 18.5. The number of benzene rings is 1. The molecule has 6 nitrogen and oxygen atoms in total. The van der Waals surface area contributed by atoms with Gasteiger partial charge in [-0.1, -0.05) is 18.2 Å². The van der Waals surface area contributed by atoms with E-state index in [2.05, 4.69) is 18.0 Å². The van der Waals surface area contributed by atoms with E-state index in [0.29, 0.717) is 24.1 Å². The van der Waals surface area contributed by atoms with Gasteiger partial charge in [0.2, 0.25) is 5.91 Å². The van der Waals surface area contributed by atoms with Crippen LogP contribution in [0.15, 0.2) is 35.8 Å². The van der Waals surface area contributed by atoms with Crippen LogP contribution < -0.4 is 0 Å². The van der Waals surface area contributed by atoms with Gasteiger partial charge in [0.15, 0.2) is 0 Å². The Bertz CT molecular complexity index is 1110. The minimum Gasteiger partial charge on any atom is -0.361 e. The number of aromatic amines is 1. The molecule has 1 unspecified atom stereocenters. The molecule has 2 aromatic heterocycles. The number of carbonyl (C=O) groups is 2. The molecule has 2 amide bonds. The first-order valence-corrected chi connectivity index (χ1v) is 12.6. The molecule has 0 radical (unpaired) electrons. The number of hydrogen-bond acceptors (Lipinski definition) is 4. The van der Waals surface area contributed by atoms with Crippen LogP contribution in [0.25, 0.3) is 10.9 Å². The lowest BCUT2D eigenvalue weighted by molar-refractivity contribution is -0.131. The number of aromatic nitrogens is 2. The van der Waals surface area contributed by atoms with Crippen molar-refractivity contribution in [2.75, 3.05) is 19.6 Å². The number of carbonyl (C=O) groups excluding carboxylic acids is 2. The Hall–Kier alpha value is -2.67. The Labute approximate surface area is 192 Å². The number of fused-ring (bicyclic) bond motifs is 1. The number of piperidine rings is 2. The Kier molecular flexibility index (Phi) is 6.00. The maximum absolute atomic E-state index is 12.9. The van der Waals surface area contributed by atoms with Crippen molar-refractivity contribution in [2.24, 2.45) is 0 Å². The molecular formula is C25H30N4O2S. The van der Waals surface area contributed by atoms with E-state index >= 15 is 0 Å². The minimum absolute atomic E-state index is 0.0750. The summed E-state index contributed by atoms with van der Waals surface area (Å²) in [5, 5.41) is 4.09. The summed E-state index contributed by atoms with van der Waals surface area (Å²) in [6.45, 7) is 4.47. The normalized spacial score (nSPS) is 20.1. The summed E-state index contributed by atoms with van der Waals surface area (Å²) in [4.78, 5) is 37.7. The van der Waals surface area contributed by atoms with Crippen LogP contribution in [0.5, 0.6) is 0 Å². The number of amides is 2. The van der Waals surface area contributed by atoms with Crippen molar-refractivity contribution in [3.8, 4) is 0 Å². The average molecular weight is 451 g/mol. The minimum atomic E-state index is 0.0750. The van der Waals surface area contributed by atoms with Crippen molar-refractivity contribution >= 4 is 34.1 Å². The summed E-state index contributed by atoms with van der Waals surface area (Å²) in [6.07, 6.45) is 7.55. The fraction of sp³-hybridized carbons (Fsp3) is 0.480. The van der Waals surface area contributed by atoms with E-state index in [1.807, 2.05) is 39.6 Å². The van der Waals surface area contributed by atoms with Gasteiger partial charge in [-0.05, 0) is 50.7 Å². The van der Waals surface area contributed by atoms with E-state index in [9.17, 15) is 9.59 Å². The molecule has 2 fully saturated rings. The van der Waals surface area contributed by atoms with E-state index in [-0.39, 0.29) is 11.8 Å². The zero-order valence-corrected chi connectivity index (χ0v) is 19.4. The molecule has 0 bridgehead atoms. The molecule has 3 aromatic rings. The molecule has 2 aliphatic heterocycles. The van der Waals surface area contributed by atoms with Crippen LogP contribution >= 0.6 is 11.3 Å². The van der Waals surface area contributed by atoms with Crippen LogP contribution in [-0.2, 0) is 11.2 Å². The Morgan fingerprint density at radius 3 is 2.75 bits per heavy atom. The standard InChI is InChI=1S/C25H30N4O2S/c1-17-6-4-5-11-29(17)25(31)22-16-32-24(27-22)18-9-12-28(13-10-18)23(30)14-19-15-26-21-8-3-2-7-20(19)21/h2-3,7-8,15-18,26H,4-6,9-14H2,1H3. The quantitative estimate of drug-likeness (QED) is 0.632. The lowest BCUT2D eigenvalue weighted by atomic mass is 9.97. The molecule has 2 aliphatic rings. The smallest absolute Gasteiger partial charge is 0.273 e. The molecule has 1 N–H and O–H groups in total. The second-order valence-corrected chi connectivity index (χ2v) is 10.00. The summed E-state index contributed by atoms with van der Waals surface area (Å²) >= 11 is 1.60. The van der Waals surface area contributed by atoms with Crippen molar-refractivity contribution in [1.82, 2.24) is 19.8 Å². The van der Waals surface area contributed by atoms with Crippen LogP contribution in [-0.4, -0.2) is 57.3 Å². The Morgan fingerprint density at radius 1 is 1.12 bits per heavy atom. The maximum Gasteiger partial charge on any atom is 0.273 e. The molecule has 32 heavy (non-hydrogen) atoms. The Balaban J connectivity index is 1.18. The second kappa shape index (κ2) is 9.06. The molecule has 2 saturated heterocycles. The summed E-state index contributed by atoms with van der Waals surface area (Å²) in [5.41, 5.74) is 2.72. The number of para-hydroxylation sites is 1. The molecule has 5 rings (SSSR count). The number of thiazole rings is 1. The van der Waals surface area contributed by atoms with Gasteiger partial charge in [0, 0.05) is 54.1 Å². The highest BCUT2D eigenvalue weighted by Crippen LogP contribution is 2.31. The molecular weight excluding hydrogens is 420 g/mol. The first-order chi connectivity index (χ1) is 15.6. The van der Waals surface area contributed by atoms with Crippen molar-refractivity contribution in [2.45, 2.75) is 57.4 Å². The summed E-state index contributed by atoms with van der Waals surface area (Å²) in [5.74, 6) is 0.589. The fourth-order valence-corrected chi connectivity index (χ4v) is 6.01. The van der Waals surface area contributed by atoms with Gasteiger partial charge < -0.3 is 14.8 Å². The van der Waals surface area contributed by atoms with E-state index in [0.717, 1.165) is 66.8 Å². The lowest BCUT2D eigenvalue weighted by Gasteiger charge is -2.33. The highest BCUT2D eigenvalue weighted by molar-refractivity contribution is 7.09. The SMILES string of the molecule is CC1CCCCN1C(=O)c1csc(C2CCN(C(=O)Cc3c[nH]c4ccccc34)CC2)n1. The number of nitrogens with zero attached hydrogens (tertiary/aromatic N) is 3. The monoisotopic (exact) mass is 450 g/mol. The van der Waals surface area contributed by atoms with Gasteiger partial charge in [-0.2, -0.15) is 0 Å². The van der Waals surface area contributed by atoms with Crippen LogP contribution in [0, 0.1) is 0 Å². The van der Waals surface area contributed by atoms with Crippen LogP contribution in [0.3, 0.4) is 0 Å². The number of H-pyrrole nitrogens is 1. The lowest BCUT2D eigenvalue weighted by Crippen LogP contribution is -2.42. The first-order valence-electron chi connectivity index (χ1n) is 11.7. The number of hydrogen-bond donors (Lipinski definition) is 1. The van der Waals surface area contributed by atoms with E-state index in [4.69, 9.17) is 4.98 Å². The molecule has 0 aliphatic carbocycles. The number of rotatable bonds is 4. The second-order valence-electron chi connectivity index (χ2n) is 9.11. The van der Waals surface area contributed by atoms with Gasteiger partial charge in [-0.3, -0.25) is 9.59 Å². The van der Waals surface area contributed by atoms with Crippen LogP contribution in [0.1, 0.15) is 66.0 Å². The fourth-order valence-electron chi connectivity index (χ4n) is 5.05. The molecule has 0 saturated carbocycles. The van der Waals surface area contributed by atoms with Crippen molar-refractivity contribution in [3.63, 3.8) is 0 Å². The third-order valence-electron chi connectivity index (χ3n) is 7.02. The Morgan fingerprint density at radius 2 is 1.94 bits per heavy atom. The van der Waals surface area contributed by atoms with Gasteiger partial charge in [0.1, 0.15) is 5.69 Å². The molecule has 1 atom stereocenters. The number of likely N-dealkylation sites (tertiary alicyclic amines) is 2. The van der Waals surface area contributed by atoms with Crippen LogP contribution in [0.2, 0.25) is 0 Å². The molecule has 168 valence electrons. The third-order valence-corrected chi connectivity index (χ3v) is 8.03. The van der Waals surface area contributed by atoms with E-state index in [1.54, 1.807) is 11.3 Å². The number of nitrogens with one attached hydrogen (secondary N) is 1. The van der Waals surface area contributed by atoms with Gasteiger partial charge in [-0.15, -0.1) is 11.3 Å². The first kappa shape index (κ1) is 21.2. The zero-order chi connectivity index (χ0) is 22.1. The van der Waals surface area contributed by atoms with E-state index < -0.39 is 0 Å². The van der Waals surface area contributed by atoms with Crippen molar-refractivity contribution < 1.29 is 9.59 Å². The highest BCUT2D eigenvalue weighted by atomic mass is 32.1. The molecule has 1 aromatic carbocycles. The van der Waals surface area contributed by atoms with Gasteiger partial charge in [0.25, 0.3) is 5.91 Å². The molecule has 4 heterocycles. The summed E-state index contributed by atoms with van der Waals surface area (Å²) < 4.78 is 0. The van der Waals surface area contributed by atoms with Gasteiger partial charge >= 0.3 is 0 Å². The highest BCUT2D eigenvalue weighted by Gasteiger charge is 2.29. The topological polar surface area (TPSA) is 69.3 Å². The van der Waals surface area contributed by atoms with Gasteiger partial charge in [0.05, 0.1) is 11.4 Å². The van der Waals surface area contributed by atoms with E-state index in [1.165, 1.54) is 6.42 Å². The van der Waals surface area contributed by atoms with Crippen LogP contribution in [0.4, 0.5) is 0 Å². The van der Waals surface area contributed by atoms with Crippen molar-refractivity contribution in [3.05, 3.63) is 52.1 Å². The largest absolute Gasteiger partial charge is 0.361 e. The van der Waals surface area contributed by atoms with Gasteiger partial charge in [-0.25, -0.2) is 4.98 Å². The maximum atomic E-state index is 12.9. The third kappa shape index (κ3) is 4.18. The predicted octanol–water partition coefficient (Wildman–Crippen LogP) is 4.59.